The number of nitrogens with two attached hydrogens (primary N) is 1. The summed E-state index contributed by atoms with van der Waals surface area (Å²) in [7, 11) is 0. The third-order valence-electron chi connectivity index (χ3n) is 1.71. The van der Waals surface area contributed by atoms with Crippen molar-refractivity contribution in [2.45, 2.75) is 0 Å². The van der Waals surface area contributed by atoms with Gasteiger partial charge in [-0.1, -0.05) is 0 Å². The maximum absolute atomic E-state index is 10.7. The van der Waals surface area contributed by atoms with Gasteiger partial charge in [0.05, 0.1) is 5.69 Å². The summed E-state index contributed by atoms with van der Waals surface area (Å²) in [5.41, 5.74) is 6.41. The molecule has 0 aliphatic rings. The van der Waals surface area contributed by atoms with Crippen molar-refractivity contribution in [3.63, 3.8) is 0 Å². The average molecular weight is 178 g/mol. The quantitative estimate of drug-likeness (QED) is 0.641. The van der Waals surface area contributed by atoms with E-state index in [0.717, 1.165) is 0 Å². The molecular formula is C7H6N4O2. The Morgan fingerprint density at radius 1 is 1.54 bits per heavy atom. The highest BCUT2D eigenvalue weighted by atomic mass is 16.4. The zero-order chi connectivity index (χ0) is 9.42. The standard InChI is InChI=1S/C7H6N4O2/c8-4-1-2-5(7(12)13)11-3-9-10-6(4)11/h1-3H,8H2,(H,12,13). The molecule has 0 saturated carbocycles. The molecule has 2 aromatic rings. The molecule has 0 bridgehead atoms. The number of aromatic carboxylic acids is 1. The van der Waals surface area contributed by atoms with Crippen LogP contribution in [0.5, 0.6) is 0 Å². The second kappa shape index (κ2) is 2.44. The van der Waals surface area contributed by atoms with Crippen LogP contribution in [0.3, 0.4) is 0 Å². The fraction of sp³-hybridized carbons (Fsp3) is 0. The van der Waals surface area contributed by atoms with Crippen LogP contribution in [-0.2, 0) is 0 Å². The van der Waals surface area contributed by atoms with Crippen molar-refractivity contribution < 1.29 is 9.90 Å². The molecule has 0 amide bonds. The number of carboxylic acids is 1. The molecule has 0 radical (unpaired) electrons. The smallest absolute Gasteiger partial charge is 0.352 e. The van der Waals surface area contributed by atoms with Crippen LogP contribution in [0.1, 0.15) is 10.5 Å². The molecule has 0 atom stereocenters. The second-order valence-electron chi connectivity index (χ2n) is 2.50. The van der Waals surface area contributed by atoms with Crippen LogP contribution in [0.15, 0.2) is 18.5 Å². The number of aromatic nitrogens is 3. The third-order valence-corrected chi connectivity index (χ3v) is 1.71. The van der Waals surface area contributed by atoms with Gasteiger partial charge in [-0.05, 0) is 12.1 Å². The zero-order valence-corrected chi connectivity index (χ0v) is 6.51. The SMILES string of the molecule is Nc1ccc(C(=O)O)n2cnnc12. The Bertz CT molecular complexity index is 476. The number of nitrogen functional groups attached to an aromatic ring is 1. The van der Waals surface area contributed by atoms with E-state index in [1.165, 1.54) is 22.9 Å². The summed E-state index contributed by atoms with van der Waals surface area (Å²) in [6, 6.07) is 2.90. The van der Waals surface area contributed by atoms with Gasteiger partial charge in [-0.2, -0.15) is 0 Å². The van der Waals surface area contributed by atoms with Crippen LogP contribution < -0.4 is 5.73 Å². The van der Waals surface area contributed by atoms with Gasteiger partial charge in [-0.25, -0.2) is 4.79 Å². The number of rotatable bonds is 1. The Morgan fingerprint density at radius 3 is 3.00 bits per heavy atom. The number of anilines is 1. The molecule has 0 fully saturated rings. The number of hydrogen-bond donors (Lipinski definition) is 2. The van der Waals surface area contributed by atoms with E-state index in [9.17, 15) is 4.79 Å². The molecule has 0 aliphatic heterocycles. The first kappa shape index (κ1) is 7.53. The molecule has 0 saturated heterocycles. The first-order chi connectivity index (χ1) is 6.20. The summed E-state index contributed by atoms with van der Waals surface area (Å²) in [4.78, 5) is 10.7. The summed E-state index contributed by atoms with van der Waals surface area (Å²) in [6.07, 6.45) is 1.31. The second-order valence-corrected chi connectivity index (χ2v) is 2.50. The highest BCUT2D eigenvalue weighted by Crippen LogP contribution is 2.12. The van der Waals surface area contributed by atoms with Crippen molar-refractivity contribution in [1.82, 2.24) is 14.6 Å². The topological polar surface area (TPSA) is 93.5 Å². The van der Waals surface area contributed by atoms with E-state index >= 15 is 0 Å². The molecule has 3 N–H and O–H groups in total. The number of carboxylic acid groups (broad SMARTS) is 1. The van der Waals surface area contributed by atoms with E-state index in [2.05, 4.69) is 10.2 Å². The molecule has 0 unspecified atom stereocenters. The lowest BCUT2D eigenvalue weighted by molar-refractivity contribution is 0.0689. The van der Waals surface area contributed by atoms with Gasteiger partial charge in [0, 0.05) is 0 Å². The van der Waals surface area contributed by atoms with Gasteiger partial charge in [-0.15, -0.1) is 10.2 Å². The summed E-state index contributed by atoms with van der Waals surface area (Å²) < 4.78 is 1.33. The minimum atomic E-state index is -1.04. The Labute approximate surface area is 72.6 Å². The van der Waals surface area contributed by atoms with Crippen molar-refractivity contribution in [2.24, 2.45) is 0 Å². The van der Waals surface area contributed by atoms with Crippen molar-refractivity contribution in [3.8, 4) is 0 Å². The fourth-order valence-corrected chi connectivity index (χ4v) is 1.11. The summed E-state index contributed by atoms with van der Waals surface area (Å²) in [5, 5.41) is 16.0. The number of fused-ring (bicyclic) bond motifs is 1. The normalized spacial score (nSPS) is 10.5. The molecule has 6 heteroatoms. The number of nitrogens with zero attached hydrogens (tertiary/aromatic N) is 3. The Morgan fingerprint density at radius 2 is 2.31 bits per heavy atom. The van der Waals surface area contributed by atoms with E-state index in [0.29, 0.717) is 11.3 Å². The van der Waals surface area contributed by atoms with Gasteiger partial charge in [0.1, 0.15) is 12.0 Å². The molecular weight excluding hydrogens is 172 g/mol. The number of carbonyl (C=O) groups is 1. The average Bonchev–Trinajstić information content (AvgIpc) is 2.53. The zero-order valence-electron chi connectivity index (χ0n) is 6.51. The minimum absolute atomic E-state index is 0.0919. The van der Waals surface area contributed by atoms with E-state index < -0.39 is 5.97 Å². The van der Waals surface area contributed by atoms with Gasteiger partial charge in [0.2, 0.25) is 0 Å². The lowest BCUT2D eigenvalue weighted by atomic mass is 10.3. The predicted octanol–water partition coefficient (Wildman–Crippen LogP) is 0.00970. The van der Waals surface area contributed by atoms with Crippen molar-refractivity contribution in [2.75, 3.05) is 5.73 Å². The molecule has 66 valence electrons. The van der Waals surface area contributed by atoms with E-state index in [-0.39, 0.29) is 5.69 Å². The number of hydrogen-bond acceptors (Lipinski definition) is 4. The Balaban J connectivity index is 2.86. The Hall–Kier alpha value is -2.11. The van der Waals surface area contributed by atoms with Gasteiger partial charge in [0.25, 0.3) is 0 Å². The molecule has 13 heavy (non-hydrogen) atoms. The van der Waals surface area contributed by atoms with Crippen LogP contribution in [0, 0.1) is 0 Å². The summed E-state index contributed by atoms with van der Waals surface area (Å²) in [5.74, 6) is -1.04. The lowest BCUT2D eigenvalue weighted by Gasteiger charge is -2.00. The van der Waals surface area contributed by atoms with Crippen molar-refractivity contribution >= 4 is 17.3 Å². The maximum Gasteiger partial charge on any atom is 0.352 e. The molecule has 2 heterocycles. The van der Waals surface area contributed by atoms with Crippen LogP contribution >= 0.6 is 0 Å². The Kier molecular flexibility index (Phi) is 1.42. The molecule has 0 aromatic carbocycles. The molecule has 2 rings (SSSR count). The van der Waals surface area contributed by atoms with Crippen molar-refractivity contribution in [3.05, 3.63) is 24.2 Å². The molecule has 0 aliphatic carbocycles. The first-order valence-electron chi connectivity index (χ1n) is 3.51. The van der Waals surface area contributed by atoms with E-state index in [1.807, 2.05) is 0 Å². The fourth-order valence-electron chi connectivity index (χ4n) is 1.11. The minimum Gasteiger partial charge on any atom is -0.477 e. The predicted molar refractivity (Wildman–Crippen MR) is 44.4 cm³/mol. The van der Waals surface area contributed by atoms with Crippen LogP contribution in [0.25, 0.3) is 5.65 Å². The maximum atomic E-state index is 10.7. The summed E-state index contributed by atoms with van der Waals surface area (Å²) in [6.45, 7) is 0. The van der Waals surface area contributed by atoms with Gasteiger partial charge in [0.15, 0.2) is 5.65 Å². The number of pyridine rings is 1. The van der Waals surface area contributed by atoms with Gasteiger partial charge in [-0.3, -0.25) is 4.40 Å². The molecule has 6 nitrogen and oxygen atoms in total. The van der Waals surface area contributed by atoms with Crippen LogP contribution in [-0.4, -0.2) is 25.7 Å². The molecule has 0 spiro atoms. The monoisotopic (exact) mass is 178 g/mol. The summed E-state index contributed by atoms with van der Waals surface area (Å²) >= 11 is 0. The molecule has 2 aromatic heterocycles. The van der Waals surface area contributed by atoms with Gasteiger partial charge < -0.3 is 10.8 Å². The third kappa shape index (κ3) is 0.994. The first-order valence-corrected chi connectivity index (χ1v) is 3.51. The van der Waals surface area contributed by atoms with Crippen LogP contribution in [0.2, 0.25) is 0 Å². The van der Waals surface area contributed by atoms with E-state index in [1.54, 1.807) is 0 Å². The van der Waals surface area contributed by atoms with Gasteiger partial charge >= 0.3 is 5.97 Å². The van der Waals surface area contributed by atoms with Crippen molar-refractivity contribution in [1.29, 1.82) is 0 Å². The largest absolute Gasteiger partial charge is 0.477 e. The van der Waals surface area contributed by atoms with E-state index in [4.69, 9.17) is 10.8 Å². The van der Waals surface area contributed by atoms with Crippen LogP contribution in [0.4, 0.5) is 5.69 Å². The highest BCUT2D eigenvalue weighted by molar-refractivity contribution is 5.87. The highest BCUT2D eigenvalue weighted by Gasteiger charge is 2.10. The lowest BCUT2D eigenvalue weighted by Crippen LogP contribution is -2.05.